The first kappa shape index (κ1) is 12.3. The van der Waals surface area contributed by atoms with E-state index in [9.17, 15) is 0 Å². The zero-order chi connectivity index (χ0) is 11.9. The maximum Gasteiger partial charge on any atom is 0.131 e. The van der Waals surface area contributed by atoms with E-state index in [2.05, 4.69) is 26.7 Å². The normalized spacial score (nSPS) is 17.4. The van der Waals surface area contributed by atoms with Gasteiger partial charge in [-0.2, -0.15) is 0 Å². The van der Waals surface area contributed by atoms with Gasteiger partial charge in [-0.15, -0.1) is 0 Å². The summed E-state index contributed by atoms with van der Waals surface area (Å²) < 4.78 is 0. The van der Waals surface area contributed by atoms with Crippen LogP contribution >= 0.6 is 0 Å². The van der Waals surface area contributed by atoms with Gasteiger partial charge in [0.25, 0.3) is 0 Å². The van der Waals surface area contributed by atoms with Crippen LogP contribution in [-0.2, 0) is 0 Å². The molecule has 93 valence electrons. The molecule has 4 heteroatoms. The van der Waals surface area contributed by atoms with Crippen molar-refractivity contribution in [3.05, 3.63) is 25.5 Å². The largest absolute Gasteiger partial charge is 0.354 e. The number of aromatic nitrogens is 2. The average Bonchev–Trinajstić information content (AvgIpc) is 2.41. The van der Waals surface area contributed by atoms with E-state index in [0.29, 0.717) is 0 Å². The molecule has 1 radical (unpaired) electrons. The van der Waals surface area contributed by atoms with Crippen molar-refractivity contribution in [1.29, 1.82) is 0 Å². The quantitative estimate of drug-likeness (QED) is 0.723. The molecule has 2 heterocycles. The Morgan fingerprint density at radius 3 is 2.65 bits per heavy atom. The maximum atomic E-state index is 4.29. The number of nitrogens with zero attached hydrogens (tertiary/aromatic N) is 4. The first-order valence-electron chi connectivity index (χ1n) is 6.42. The summed E-state index contributed by atoms with van der Waals surface area (Å²) in [4.78, 5) is 13.1. The Morgan fingerprint density at radius 2 is 2.00 bits per heavy atom. The van der Waals surface area contributed by atoms with Crippen LogP contribution in [0.2, 0.25) is 0 Å². The van der Waals surface area contributed by atoms with Crippen LogP contribution < -0.4 is 4.90 Å². The highest BCUT2D eigenvalue weighted by atomic mass is 15.3. The molecule has 1 aliphatic rings. The molecule has 0 aromatic carbocycles. The fraction of sp³-hybridized carbons (Fsp3) is 0.615. The predicted molar refractivity (Wildman–Crippen MR) is 69.9 cm³/mol. The highest BCUT2D eigenvalue weighted by Crippen LogP contribution is 2.12. The predicted octanol–water partition coefficient (Wildman–Crippen LogP) is 1.60. The monoisotopic (exact) mass is 233 g/mol. The first-order valence-corrected chi connectivity index (χ1v) is 6.42. The standard InChI is InChI=1S/C13H21N4/c1-2-3-4-7-16-8-10-17(11-9-16)13-5-6-14-12-15-13/h5-6,12H,1-4,7-11H2. The van der Waals surface area contributed by atoms with Gasteiger partial charge >= 0.3 is 0 Å². The Hall–Kier alpha value is -1.16. The van der Waals surface area contributed by atoms with E-state index in [-0.39, 0.29) is 0 Å². The molecular formula is C13H21N4. The number of hydrogen-bond acceptors (Lipinski definition) is 4. The van der Waals surface area contributed by atoms with Gasteiger partial charge in [-0.05, 0) is 19.0 Å². The lowest BCUT2D eigenvalue weighted by molar-refractivity contribution is 0.252. The Morgan fingerprint density at radius 1 is 1.18 bits per heavy atom. The number of unbranched alkanes of at least 4 members (excludes halogenated alkanes) is 2. The molecule has 0 N–H and O–H groups in total. The van der Waals surface area contributed by atoms with E-state index in [0.717, 1.165) is 38.4 Å². The Balaban J connectivity index is 1.74. The minimum Gasteiger partial charge on any atom is -0.354 e. The third kappa shape index (κ3) is 3.66. The van der Waals surface area contributed by atoms with Crippen LogP contribution in [0.5, 0.6) is 0 Å². The number of piperazine rings is 1. The molecule has 0 saturated carbocycles. The second-order valence-electron chi connectivity index (χ2n) is 4.46. The summed E-state index contributed by atoms with van der Waals surface area (Å²) in [6.45, 7) is 9.52. The van der Waals surface area contributed by atoms with E-state index in [1.807, 2.05) is 12.3 Å². The second-order valence-corrected chi connectivity index (χ2v) is 4.46. The van der Waals surface area contributed by atoms with Gasteiger partial charge in [0.2, 0.25) is 0 Å². The van der Waals surface area contributed by atoms with E-state index in [4.69, 9.17) is 0 Å². The van der Waals surface area contributed by atoms with Crippen LogP contribution in [0.1, 0.15) is 19.3 Å². The van der Waals surface area contributed by atoms with Gasteiger partial charge in [0.1, 0.15) is 12.1 Å². The third-order valence-corrected chi connectivity index (χ3v) is 3.24. The summed E-state index contributed by atoms with van der Waals surface area (Å²) >= 11 is 0. The summed E-state index contributed by atoms with van der Waals surface area (Å²) in [5.74, 6) is 1.05. The molecule has 1 aromatic heterocycles. The summed E-state index contributed by atoms with van der Waals surface area (Å²) in [6, 6.07) is 1.98. The molecule has 1 aromatic rings. The molecule has 0 bridgehead atoms. The van der Waals surface area contributed by atoms with E-state index < -0.39 is 0 Å². The van der Waals surface area contributed by atoms with E-state index in [1.165, 1.54) is 19.4 Å². The third-order valence-electron chi connectivity index (χ3n) is 3.24. The van der Waals surface area contributed by atoms with Crippen LogP contribution in [0.25, 0.3) is 0 Å². The first-order chi connectivity index (χ1) is 8.40. The zero-order valence-corrected chi connectivity index (χ0v) is 10.4. The average molecular weight is 233 g/mol. The molecule has 1 saturated heterocycles. The highest BCUT2D eigenvalue weighted by Gasteiger charge is 2.16. The SMILES string of the molecule is [CH2]CCCCN1CCN(c2ccncn2)CC1. The molecule has 2 rings (SSSR count). The number of hydrogen-bond donors (Lipinski definition) is 0. The molecule has 0 spiro atoms. The lowest BCUT2D eigenvalue weighted by Crippen LogP contribution is -2.46. The molecule has 0 amide bonds. The Kier molecular flexibility index (Phi) is 4.74. The van der Waals surface area contributed by atoms with E-state index in [1.54, 1.807) is 6.33 Å². The summed E-state index contributed by atoms with van der Waals surface area (Å²) in [5, 5.41) is 0. The van der Waals surface area contributed by atoms with Crippen molar-refractivity contribution in [2.45, 2.75) is 19.3 Å². The summed E-state index contributed by atoms with van der Waals surface area (Å²) in [7, 11) is 0. The fourth-order valence-corrected chi connectivity index (χ4v) is 2.18. The second kappa shape index (κ2) is 6.55. The van der Waals surface area contributed by atoms with Crippen molar-refractivity contribution < 1.29 is 0 Å². The highest BCUT2D eigenvalue weighted by molar-refractivity contribution is 5.36. The molecule has 4 nitrogen and oxygen atoms in total. The maximum absolute atomic E-state index is 4.29. The Labute approximate surface area is 104 Å². The van der Waals surface area contributed by atoms with Crippen LogP contribution in [0.3, 0.4) is 0 Å². The van der Waals surface area contributed by atoms with Crippen molar-refractivity contribution in [2.24, 2.45) is 0 Å². The van der Waals surface area contributed by atoms with Crippen molar-refractivity contribution in [1.82, 2.24) is 14.9 Å². The van der Waals surface area contributed by atoms with Gasteiger partial charge in [-0.3, -0.25) is 4.90 Å². The lowest BCUT2D eigenvalue weighted by Gasteiger charge is -2.35. The van der Waals surface area contributed by atoms with Gasteiger partial charge < -0.3 is 4.90 Å². The van der Waals surface area contributed by atoms with Crippen LogP contribution in [0.4, 0.5) is 5.82 Å². The van der Waals surface area contributed by atoms with Gasteiger partial charge in [-0.1, -0.05) is 19.8 Å². The fourth-order valence-electron chi connectivity index (χ4n) is 2.18. The Bertz CT molecular complexity index is 306. The molecule has 1 aliphatic heterocycles. The molecular weight excluding hydrogens is 212 g/mol. The van der Waals surface area contributed by atoms with Crippen LogP contribution in [0.15, 0.2) is 18.6 Å². The topological polar surface area (TPSA) is 32.3 Å². The zero-order valence-electron chi connectivity index (χ0n) is 10.4. The number of anilines is 1. The molecule has 17 heavy (non-hydrogen) atoms. The van der Waals surface area contributed by atoms with Gasteiger partial charge in [0.15, 0.2) is 0 Å². The van der Waals surface area contributed by atoms with Crippen LogP contribution in [0, 0.1) is 6.92 Å². The number of rotatable bonds is 5. The van der Waals surface area contributed by atoms with Crippen molar-refractivity contribution in [3.63, 3.8) is 0 Å². The minimum absolute atomic E-state index is 1.05. The summed E-state index contributed by atoms with van der Waals surface area (Å²) in [5.41, 5.74) is 0. The van der Waals surface area contributed by atoms with Crippen molar-refractivity contribution in [2.75, 3.05) is 37.6 Å². The van der Waals surface area contributed by atoms with Crippen molar-refractivity contribution >= 4 is 5.82 Å². The van der Waals surface area contributed by atoms with Gasteiger partial charge in [0, 0.05) is 32.4 Å². The molecule has 0 unspecified atom stereocenters. The van der Waals surface area contributed by atoms with E-state index >= 15 is 0 Å². The minimum atomic E-state index is 1.05. The summed E-state index contributed by atoms with van der Waals surface area (Å²) in [6.07, 6.45) is 7.00. The lowest BCUT2D eigenvalue weighted by atomic mass is 10.2. The van der Waals surface area contributed by atoms with Crippen LogP contribution in [-0.4, -0.2) is 47.6 Å². The molecule has 0 atom stereocenters. The smallest absolute Gasteiger partial charge is 0.131 e. The van der Waals surface area contributed by atoms with Gasteiger partial charge in [0.05, 0.1) is 0 Å². The molecule has 1 fully saturated rings. The molecule has 0 aliphatic carbocycles. The van der Waals surface area contributed by atoms with Crippen molar-refractivity contribution in [3.8, 4) is 0 Å². The van der Waals surface area contributed by atoms with Gasteiger partial charge in [-0.25, -0.2) is 9.97 Å².